The lowest BCUT2D eigenvalue weighted by molar-refractivity contribution is 0.0728. The zero-order chi connectivity index (χ0) is 14.7. The van der Waals surface area contributed by atoms with E-state index in [1.807, 2.05) is 6.92 Å². The summed E-state index contributed by atoms with van der Waals surface area (Å²) >= 11 is 0. The van der Waals surface area contributed by atoms with E-state index in [-0.39, 0.29) is 17.5 Å². The van der Waals surface area contributed by atoms with Gasteiger partial charge in [-0.3, -0.25) is 9.89 Å². The zero-order valence-corrected chi connectivity index (χ0v) is 11.7. The molecule has 106 valence electrons. The summed E-state index contributed by atoms with van der Waals surface area (Å²) in [6.07, 6.45) is 0.673. The van der Waals surface area contributed by atoms with Gasteiger partial charge < -0.3 is 4.90 Å². The second-order valence-electron chi connectivity index (χ2n) is 4.57. The van der Waals surface area contributed by atoms with Crippen molar-refractivity contribution in [3.05, 3.63) is 47.3 Å². The van der Waals surface area contributed by atoms with Crippen LogP contribution >= 0.6 is 0 Å². The predicted octanol–water partition coefficient (Wildman–Crippen LogP) is 2.34. The second kappa shape index (κ2) is 5.81. The van der Waals surface area contributed by atoms with Gasteiger partial charge in [0, 0.05) is 19.0 Å². The van der Waals surface area contributed by atoms with Crippen LogP contribution < -0.4 is 0 Å². The highest BCUT2D eigenvalue weighted by molar-refractivity contribution is 5.90. The van der Waals surface area contributed by atoms with Crippen LogP contribution in [-0.4, -0.2) is 33.0 Å². The van der Waals surface area contributed by atoms with Crippen LogP contribution in [0.15, 0.2) is 24.3 Å². The van der Waals surface area contributed by atoms with Gasteiger partial charge >= 0.3 is 0 Å². The number of benzene rings is 1. The van der Waals surface area contributed by atoms with Gasteiger partial charge in [-0.1, -0.05) is 25.1 Å². The van der Waals surface area contributed by atoms with Gasteiger partial charge in [-0.25, -0.2) is 9.37 Å². The highest BCUT2D eigenvalue weighted by Crippen LogP contribution is 2.22. The summed E-state index contributed by atoms with van der Waals surface area (Å²) in [7, 11) is 1.61. The van der Waals surface area contributed by atoms with Crippen LogP contribution in [0.5, 0.6) is 0 Å². The first-order chi connectivity index (χ1) is 9.54. The fourth-order valence-electron chi connectivity index (χ4n) is 1.91. The normalized spacial score (nSPS) is 12.2. The summed E-state index contributed by atoms with van der Waals surface area (Å²) in [5.41, 5.74) is 0.467. The number of halogens is 1. The summed E-state index contributed by atoms with van der Waals surface area (Å²) in [5.74, 6) is 0.0911. The molecule has 0 aliphatic carbocycles. The van der Waals surface area contributed by atoms with Crippen molar-refractivity contribution in [3.8, 4) is 0 Å². The average Bonchev–Trinajstić information content (AvgIpc) is 2.94. The van der Waals surface area contributed by atoms with Crippen LogP contribution in [0.4, 0.5) is 4.39 Å². The molecule has 2 aromatic rings. The molecule has 20 heavy (non-hydrogen) atoms. The van der Waals surface area contributed by atoms with Crippen molar-refractivity contribution in [1.29, 1.82) is 0 Å². The molecule has 6 heteroatoms. The van der Waals surface area contributed by atoms with E-state index in [4.69, 9.17) is 0 Å². The van der Waals surface area contributed by atoms with Gasteiger partial charge in [-0.05, 0) is 13.0 Å². The van der Waals surface area contributed by atoms with Crippen molar-refractivity contribution in [1.82, 2.24) is 20.1 Å². The van der Waals surface area contributed by atoms with Gasteiger partial charge in [0.25, 0.3) is 5.91 Å². The SMILES string of the molecule is CCc1nc(C(=O)N(C)C(C)c2ccccc2F)n[nH]1. The van der Waals surface area contributed by atoms with Crippen molar-refractivity contribution in [2.24, 2.45) is 0 Å². The van der Waals surface area contributed by atoms with Crippen molar-refractivity contribution < 1.29 is 9.18 Å². The molecule has 0 radical (unpaired) electrons. The molecule has 1 heterocycles. The highest BCUT2D eigenvalue weighted by atomic mass is 19.1. The molecular weight excluding hydrogens is 259 g/mol. The summed E-state index contributed by atoms with van der Waals surface area (Å²) < 4.78 is 13.7. The molecule has 0 bridgehead atoms. The molecule has 1 N–H and O–H groups in total. The maximum absolute atomic E-state index is 13.7. The number of nitrogens with one attached hydrogen (secondary N) is 1. The molecule has 5 nitrogen and oxygen atoms in total. The number of hydrogen-bond acceptors (Lipinski definition) is 3. The molecule has 1 aromatic carbocycles. The highest BCUT2D eigenvalue weighted by Gasteiger charge is 2.23. The molecule has 0 fully saturated rings. The Morgan fingerprint density at radius 2 is 2.15 bits per heavy atom. The third kappa shape index (κ3) is 2.68. The van der Waals surface area contributed by atoms with Crippen LogP contribution in [-0.2, 0) is 6.42 Å². The molecule has 0 saturated carbocycles. The maximum atomic E-state index is 13.7. The number of aromatic amines is 1. The fourth-order valence-corrected chi connectivity index (χ4v) is 1.91. The lowest BCUT2D eigenvalue weighted by atomic mass is 10.1. The fraction of sp³-hybridized carbons (Fsp3) is 0.357. The largest absolute Gasteiger partial charge is 0.332 e. The summed E-state index contributed by atoms with van der Waals surface area (Å²) in [4.78, 5) is 17.8. The monoisotopic (exact) mass is 276 g/mol. The molecule has 0 aliphatic rings. The number of rotatable bonds is 4. The van der Waals surface area contributed by atoms with E-state index in [2.05, 4.69) is 15.2 Å². The molecule has 1 amide bonds. The second-order valence-corrected chi connectivity index (χ2v) is 4.57. The number of carbonyl (C=O) groups is 1. The zero-order valence-electron chi connectivity index (χ0n) is 11.7. The standard InChI is InChI=1S/C14H17FN4O/c1-4-12-16-13(18-17-12)14(20)19(3)9(2)10-7-5-6-8-11(10)15/h5-9H,4H2,1-3H3,(H,16,17,18). The van der Waals surface area contributed by atoms with Crippen LogP contribution in [0, 0.1) is 5.82 Å². The minimum Gasteiger partial charge on any atom is -0.332 e. The maximum Gasteiger partial charge on any atom is 0.293 e. The Hall–Kier alpha value is -2.24. The Kier molecular flexibility index (Phi) is 4.12. The van der Waals surface area contributed by atoms with Crippen molar-refractivity contribution in [2.45, 2.75) is 26.3 Å². The number of carbonyl (C=O) groups excluding carboxylic acids is 1. The third-order valence-electron chi connectivity index (χ3n) is 3.31. The Labute approximate surface area is 116 Å². The van der Waals surface area contributed by atoms with E-state index >= 15 is 0 Å². The van der Waals surface area contributed by atoms with Gasteiger partial charge in [0.2, 0.25) is 5.82 Å². The molecule has 0 spiro atoms. The molecule has 1 aromatic heterocycles. The topological polar surface area (TPSA) is 61.9 Å². The number of nitrogens with zero attached hydrogens (tertiary/aromatic N) is 3. The van der Waals surface area contributed by atoms with E-state index in [1.54, 1.807) is 32.2 Å². The first kappa shape index (κ1) is 14.2. The Balaban J connectivity index is 2.20. The van der Waals surface area contributed by atoms with Gasteiger partial charge in [-0.15, -0.1) is 5.10 Å². The lowest BCUT2D eigenvalue weighted by Crippen LogP contribution is -2.31. The Bertz CT molecular complexity index is 611. The number of aromatic nitrogens is 3. The quantitative estimate of drug-likeness (QED) is 0.932. The lowest BCUT2D eigenvalue weighted by Gasteiger charge is -2.24. The van der Waals surface area contributed by atoms with Crippen LogP contribution in [0.2, 0.25) is 0 Å². The van der Waals surface area contributed by atoms with E-state index in [1.165, 1.54) is 11.0 Å². The van der Waals surface area contributed by atoms with E-state index in [0.29, 0.717) is 17.8 Å². The predicted molar refractivity (Wildman–Crippen MR) is 72.7 cm³/mol. The third-order valence-corrected chi connectivity index (χ3v) is 3.31. The van der Waals surface area contributed by atoms with Gasteiger partial charge in [0.15, 0.2) is 0 Å². The molecule has 0 saturated heterocycles. The minimum absolute atomic E-state index is 0.104. The van der Waals surface area contributed by atoms with E-state index in [9.17, 15) is 9.18 Å². The molecular formula is C14H17FN4O. The van der Waals surface area contributed by atoms with Crippen molar-refractivity contribution >= 4 is 5.91 Å². The Morgan fingerprint density at radius 1 is 1.45 bits per heavy atom. The summed E-state index contributed by atoms with van der Waals surface area (Å²) in [6, 6.07) is 6.02. The number of amides is 1. The summed E-state index contributed by atoms with van der Waals surface area (Å²) in [5, 5.41) is 6.58. The molecule has 0 aliphatic heterocycles. The first-order valence-corrected chi connectivity index (χ1v) is 6.47. The number of aryl methyl sites for hydroxylation is 1. The van der Waals surface area contributed by atoms with Gasteiger partial charge in [0.05, 0.1) is 6.04 Å². The van der Waals surface area contributed by atoms with Gasteiger partial charge in [0.1, 0.15) is 11.6 Å². The van der Waals surface area contributed by atoms with Gasteiger partial charge in [-0.2, -0.15) is 0 Å². The number of H-pyrrole nitrogens is 1. The molecule has 1 atom stereocenters. The number of hydrogen-bond donors (Lipinski definition) is 1. The Morgan fingerprint density at radius 3 is 2.75 bits per heavy atom. The van der Waals surface area contributed by atoms with Crippen LogP contribution in [0.25, 0.3) is 0 Å². The van der Waals surface area contributed by atoms with E-state index < -0.39 is 6.04 Å². The minimum atomic E-state index is -0.396. The summed E-state index contributed by atoms with van der Waals surface area (Å²) in [6.45, 7) is 3.68. The van der Waals surface area contributed by atoms with Crippen LogP contribution in [0.3, 0.4) is 0 Å². The van der Waals surface area contributed by atoms with Crippen molar-refractivity contribution in [3.63, 3.8) is 0 Å². The smallest absolute Gasteiger partial charge is 0.293 e. The van der Waals surface area contributed by atoms with Crippen LogP contribution in [0.1, 0.15) is 41.9 Å². The van der Waals surface area contributed by atoms with Crippen molar-refractivity contribution in [2.75, 3.05) is 7.05 Å². The average molecular weight is 276 g/mol. The first-order valence-electron chi connectivity index (χ1n) is 6.47. The van der Waals surface area contributed by atoms with E-state index in [0.717, 1.165) is 0 Å². The molecule has 1 unspecified atom stereocenters. The molecule has 2 rings (SSSR count).